The fraction of sp³-hybridized carbons (Fsp3) is 0.375. The second kappa shape index (κ2) is 9.40. The number of likely N-dealkylation sites (tertiary alicyclic amines) is 1. The van der Waals surface area contributed by atoms with Crippen LogP contribution in [0.1, 0.15) is 32.9 Å². The highest BCUT2D eigenvalue weighted by molar-refractivity contribution is 6.34. The number of fused-ring (bicyclic) bond motifs is 1. The lowest BCUT2D eigenvalue weighted by molar-refractivity contribution is -0.153. The largest absolute Gasteiger partial charge is 0.378 e. The van der Waals surface area contributed by atoms with Gasteiger partial charge in [0.05, 0.1) is 23.8 Å². The molecule has 0 saturated carbocycles. The second-order valence-corrected chi connectivity index (χ2v) is 8.40. The van der Waals surface area contributed by atoms with E-state index in [2.05, 4.69) is 15.6 Å². The van der Waals surface area contributed by atoms with E-state index in [0.717, 1.165) is 0 Å². The van der Waals surface area contributed by atoms with E-state index < -0.39 is 11.9 Å². The molecule has 1 saturated heterocycles. The molecule has 9 nitrogen and oxygen atoms in total. The monoisotopic (exact) mass is 470 g/mol. The smallest absolute Gasteiger partial charge is 0.256 e. The quantitative estimate of drug-likeness (QED) is 0.535. The Morgan fingerprint density at radius 2 is 2.03 bits per heavy atom. The Morgan fingerprint density at radius 3 is 2.71 bits per heavy atom. The zero-order chi connectivity index (χ0) is 24.6. The van der Waals surface area contributed by atoms with Crippen molar-refractivity contribution in [3.05, 3.63) is 52.1 Å². The second-order valence-electron chi connectivity index (χ2n) is 8.40. The lowest BCUT2D eigenvalue weighted by Gasteiger charge is -2.39. The molecule has 3 N–H and O–H groups in total. The summed E-state index contributed by atoms with van der Waals surface area (Å²) in [5.41, 5.74) is 3.51. The normalized spacial score (nSPS) is 17.4. The molecule has 2 aliphatic heterocycles. The highest BCUT2D eigenvalue weighted by atomic mass is 19.1. The van der Waals surface area contributed by atoms with Crippen molar-refractivity contribution in [2.75, 3.05) is 39.2 Å². The first-order valence-electron chi connectivity index (χ1n) is 10.9. The number of carbonyl (C=O) groups is 3. The van der Waals surface area contributed by atoms with E-state index in [0.29, 0.717) is 52.4 Å². The van der Waals surface area contributed by atoms with E-state index in [1.54, 1.807) is 31.9 Å². The summed E-state index contributed by atoms with van der Waals surface area (Å²) in [6, 6.07) is 4.09. The molecule has 3 amide bonds. The van der Waals surface area contributed by atoms with Crippen molar-refractivity contribution in [3.8, 4) is 0 Å². The Hall–Kier alpha value is -3.50. The number of aromatic nitrogens is 1. The standard InChI is InChI=1S/C24H27FN4O5/c1-12-19(8-17-16-7-14(25)5-6-18(16)28-22(17)30)27-13(2)21(12)23(31)26-9-20(34-4)24(32)29-10-15(11-29)33-3/h5-8,15,20,27H,9-11H2,1-4H3,(H,26,31)(H,28,30)/b17-8-. The molecule has 10 heteroatoms. The fourth-order valence-electron chi connectivity index (χ4n) is 4.22. The van der Waals surface area contributed by atoms with Crippen LogP contribution in [0.15, 0.2) is 18.2 Å². The van der Waals surface area contributed by atoms with Crippen molar-refractivity contribution >= 4 is 35.1 Å². The Morgan fingerprint density at radius 1 is 1.29 bits per heavy atom. The van der Waals surface area contributed by atoms with Crippen LogP contribution in [0.4, 0.5) is 10.1 Å². The number of ether oxygens (including phenoxy) is 2. The Balaban J connectivity index is 1.49. The number of hydrogen-bond acceptors (Lipinski definition) is 5. The lowest BCUT2D eigenvalue weighted by Crippen LogP contribution is -2.58. The highest BCUT2D eigenvalue weighted by Crippen LogP contribution is 2.34. The van der Waals surface area contributed by atoms with Gasteiger partial charge in [-0.2, -0.15) is 0 Å². The van der Waals surface area contributed by atoms with Gasteiger partial charge in [0.15, 0.2) is 6.10 Å². The van der Waals surface area contributed by atoms with Gasteiger partial charge >= 0.3 is 0 Å². The Bertz CT molecular complexity index is 1180. The van der Waals surface area contributed by atoms with Gasteiger partial charge in [0.2, 0.25) is 0 Å². The average molecular weight is 471 g/mol. The van der Waals surface area contributed by atoms with Gasteiger partial charge in [0.1, 0.15) is 5.82 Å². The van der Waals surface area contributed by atoms with Crippen LogP contribution in [0.5, 0.6) is 0 Å². The van der Waals surface area contributed by atoms with Gasteiger partial charge in [-0.1, -0.05) is 0 Å². The number of rotatable bonds is 7. The van der Waals surface area contributed by atoms with E-state index >= 15 is 0 Å². The van der Waals surface area contributed by atoms with Crippen LogP contribution in [-0.2, 0) is 19.1 Å². The summed E-state index contributed by atoms with van der Waals surface area (Å²) < 4.78 is 24.2. The molecule has 1 fully saturated rings. The van der Waals surface area contributed by atoms with E-state index in [1.807, 2.05) is 0 Å². The summed E-state index contributed by atoms with van der Waals surface area (Å²) in [4.78, 5) is 42.7. The fourth-order valence-corrected chi connectivity index (χ4v) is 4.22. The molecule has 3 heterocycles. The number of halogens is 1. The summed E-state index contributed by atoms with van der Waals surface area (Å²) in [7, 11) is 3.02. The van der Waals surface area contributed by atoms with Gasteiger partial charge in [-0.05, 0) is 43.7 Å². The summed E-state index contributed by atoms with van der Waals surface area (Å²) in [5, 5.41) is 5.48. The first-order chi connectivity index (χ1) is 16.2. The number of hydrogen-bond donors (Lipinski definition) is 3. The number of benzene rings is 1. The van der Waals surface area contributed by atoms with Crippen LogP contribution in [0.2, 0.25) is 0 Å². The Kier molecular flexibility index (Phi) is 6.54. The molecular weight excluding hydrogens is 443 g/mol. The van der Waals surface area contributed by atoms with Gasteiger partial charge in [-0.25, -0.2) is 4.39 Å². The molecule has 2 aliphatic rings. The van der Waals surface area contributed by atoms with Crippen LogP contribution in [-0.4, -0.2) is 73.7 Å². The van der Waals surface area contributed by atoms with E-state index in [9.17, 15) is 18.8 Å². The van der Waals surface area contributed by atoms with Crippen LogP contribution in [0, 0.1) is 19.7 Å². The molecular formula is C24H27FN4O5. The molecule has 34 heavy (non-hydrogen) atoms. The number of nitrogens with zero attached hydrogens (tertiary/aromatic N) is 1. The predicted molar refractivity (Wildman–Crippen MR) is 124 cm³/mol. The average Bonchev–Trinajstić information content (AvgIpc) is 3.22. The number of H-pyrrole nitrogens is 1. The molecule has 1 atom stereocenters. The van der Waals surface area contributed by atoms with Crippen molar-refractivity contribution in [2.45, 2.75) is 26.1 Å². The van der Waals surface area contributed by atoms with Gasteiger partial charge in [0, 0.05) is 49.9 Å². The van der Waals surface area contributed by atoms with Gasteiger partial charge in [0.25, 0.3) is 17.7 Å². The van der Waals surface area contributed by atoms with Crippen LogP contribution < -0.4 is 10.6 Å². The number of methoxy groups -OCH3 is 2. The van der Waals surface area contributed by atoms with Gasteiger partial charge in [-0.15, -0.1) is 0 Å². The number of nitrogens with one attached hydrogen (secondary N) is 3. The summed E-state index contributed by atoms with van der Waals surface area (Å²) in [6.07, 6.45) is 0.827. The third-order valence-corrected chi connectivity index (χ3v) is 6.26. The molecule has 180 valence electrons. The van der Waals surface area contributed by atoms with Crippen molar-refractivity contribution in [3.63, 3.8) is 0 Å². The summed E-state index contributed by atoms with van der Waals surface area (Å²) >= 11 is 0. The zero-order valence-electron chi connectivity index (χ0n) is 19.5. The molecule has 1 aromatic heterocycles. The van der Waals surface area contributed by atoms with Crippen molar-refractivity contribution < 1.29 is 28.2 Å². The van der Waals surface area contributed by atoms with Gasteiger partial charge in [-0.3, -0.25) is 14.4 Å². The molecule has 0 aliphatic carbocycles. The highest BCUT2D eigenvalue weighted by Gasteiger charge is 2.35. The van der Waals surface area contributed by atoms with Crippen LogP contribution >= 0.6 is 0 Å². The SMILES string of the molecule is COC1CN(C(=O)C(CNC(=O)c2c(C)[nH]c(/C=C3\C(=O)Nc4ccc(F)cc43)c2C)OC)C1. The number of carbonyl (C=O) groups excluding carboxylic acids is 3. The van der Waals surface area contributed by atoms with Crippen molar-refractivity contribution in [1.29, 1.82) is 0 Å². The number of aryl methyl sites for hydroxylation is 1. The molecule has 1 unspecified atom stereocenters. The van der Waals surface area contributed by atoms with Crippen LogP contribution in [0.3, 0.4) is 0 Å². The summed E-state index contributed by atoms with van der Waals surface area (Å²) in [5.74, 6) is -1.37. The maximum Gasteiger partial charge on any atom is 0.256 e. The topological polar surface area (TPSA) is 113 Å². The predicted octanol–water partition coefficient (Wildman–Crippen LogP) is 1.87. The van der Waals surface area contributed by atoms with Gasteiger partial charge < -0.3 is 30.0 Å². The molecule has 0 radical (unpaired) electrons. The van der Waals surface area contributed by atoms with Crippen molar-refractivity contribution in [2.24, 2.45) is 0 Å². The molecule has 1 aromatic carbocycles. The van der Waals surface area contributed by atoms with E-state index in [1.165, 1.54) is 25.3 Å². The lowest BCUT2D eigenvalue weighted by atomic mass is 10.0. The minimum Gasteiger partial charge on any atom is -0.378 e. The number of anilines is 1. The van der Waals surface area contributed by atoms with E-state index in [-0.39, 0.29) is 30.4 Å². The molecule has 2 aromatic rings. The first-order valence-corrected chi connectivity index (χ1v) is 10.9. The van der Waals surface area contributed by atoms with Crippen LogP contribution in [0.25, 0.3) is 11.6 Å². The molecule has 4 rings (SSSR count). The summed E-state index contributed by atoms with van der Waals surface area (Å²) in [6.45, 7) is 4.51. The number of amides is 3. The number of aromatic amines is 1. The first kappa shape index (κ1) is 23.7. The van der Waals surface area contributed by atoms with E-state index in [4.69, 9.17) is 9.47 Å². The Labute approximate surface area is 196 Å². The maximum atomic E-state index is 13.7. The molecule has 0 spiro atoms. The molecule has 0 bridgehead atoms. The maximum absolute atomic E-state index is 13.7. The minimum absolute atomic E-state index is 0.0118. The minimum atomic E-state index is -0.809. The van der Waals surface area contributed by atoms with Crippen molar-refractivity contribution in [1.82, 2.24) is 15.2 Å². The third-order valence-electron chi connectivity index (χ3n) is 6.26. The third kappa shape index (κ3) is 4.34. The zero-order valence-corrected chi connectivity index (χ0v) is 19.5.